The summed E-state index contributed by atoms with van der Waals surface area (Å²) in [6.45, 7) is 5.97. The predicted octanol–water partition coefficient (Wildman–Crippen LogP) is 1.94. The van der Waals surface area contributed by atoms with Gasteiger partial charge in [-0.2, -0.15) is 0 Å². The average Bonchev–Trinajstić information content (AvgIpc) is 3.03. The molecule has 1 aromatic heterocycles. The van der Waals surface area contributed by atoms with Gasteiger partial charge in [0.15, 0.2) is 0 Å². The van der Waals surface area contributed by atoms with E-state index in [4.69, 9.17) is 4.74 Å². The van der Waals surface area contributed by atoms with Crippen LogP contribution in [-0.2, 0) is 6.54 Å². The lowest BCUT2D eigenvalue weighted by atomic mass is 9.87. The zero-order valence-corrected chi connectivity index (χ0v) is 11.2. The predicted molar refractivity (Wildman–Crippen MR) is 70.7 cm³/mol. The van der Waals surface area contributed by atoms with Gasteiger partial charge < -0.3 is 10.1 Å². The molecule has 1 unspecified atom stereocenters. The van der Waals surface area contributed by atoms with Crippen LogP contribution >= 0.6 is 11.3 Å². The summed E-state index contributed by atoms with van der Waals surface area (Å²) in [6, 6.07) is 2.07. The first-order chi connectivity index (χ1) is 8.31. The standard InChI is InChI=1S/C13H20N2OS/c1-16-11-2-7-17-12(11)8-15-6-4-13(10-15)3-5-14-9-13/h2,7,14H,3-6,8-10H2,1H3. The molecule has 0 radical (unpaired) electrons. The van der Waals surface area contributed by atoms with E-state index in [1.54, 1.807) is 7.11 Å². The molecule has 17 heavy (non-hydrogen) atoms. The third-order valence-corrected chi connectivity index (χ3v) is 5.03. The van der Waals surface area contributed by atoms with E-state index in [1.165, 1.54) is 43.9 Å². The van der Waals surface area contributed by atoms with E-state index in [0.29, 0.717) is 5.41 Å². The molecule has 3 heterocycles. The first-order valence-electron chi connectivity index (χ1n) is 6.35. The Morgan fingerprint density at radius 3 is 3.24 bits per heavy atom. The van der Waals surface area contributed by atoms with E-state index in [1.807, 2.05) is 11.3 Å². The van der Waals surface area contributed by atoms with Crippen LogP contribution in [0.15, 0.2) is 11.4 Å². The summed E-state index contributed by atoms with van der Waals surface area (Å²) in [5, 5.41) is 5.63. The number of ether oxygens (including phenoxy) is 1. The van der Waals surface area contributed by atoms with Gasteiger partial charge in [-0.05, 0) is 42.8 Å². The molecule has 94 valence electrons. The maximum atomic E-state index is 5.38. The molecular formula is C13H20N2OS. The van der Waals surface area contributed by atoms with Crippen molar-refractivity contribution < 1.29 is 4.74 Å². The van der Waals surface area contributed by atoms with Gasteiger partial charge in [-0.25, -0.2) is 0 Å². The van der Waals surface area contributed by atoms with E-state index < -0.39 is 0 Å². The highest BCUT2D eigenvalue weighted by molar-refractivity contribution is 7.10. The van der Waals surface area contributed by atoms with Gasteiger partial charge in [0.25, 0.3) is 0 Å². The number of hydrogen-bond donors (Lipinski definition) is 1. The van der Waals surface area contributed by atoms with Gasteiger partial charge in [-0.15, -0.1) is 11.3 Å². The maximum Gasteiger partial charge on any atom is 0.134 e. The summed E-state index contributed by atoms with van der Waals surface area (Å²) in [6.07, 6.45) is 2.71. The Labute approximate surface area is 107 Å². The second-order valence-electron chi connectivity index (χ2n) is 5.30. The van der Waals surface area contributed by atoms with Crippen LogP contribution in [0.2, 0.25) is 0 Å². The van der Waals surface area contributed by atoms with Gasteiger partial charge >= 0.3 is 0 Å². The Balaban J connectivity index is 1.64. The average molecular weight is 252 g/mol. The van der Waals surface area contributed by atoms with Crippen molar-refractivity contribution in [2.24, 2.45) is 5.41 Å². The summed E-state index contributed by atoms with van der Waals surface area (Å²) in [4.78, 5) is 3.96. The van der Waals surface area contributed by atoms with Crippen molar-refractivity contribution in [3.8, 4) is 5.75 Å². The molecule has 0 amide bonds. The molecule has 1 spiro atoms. The van der Waals surface area contributed by atoms with Crippen LogP contribution in [0.1, 0.15) is 17.7 Å². The number of likely N-dealkylation sites (tertiary alicyclic amines) is 1. The fraction of sp³-hybridized carbons (Fsp3) is 0.692. The monoisotopic (exact) mass is 252 g/mol. The van der Waals surface area contributed by atoms with Gasteiger partial charge in [0.1, 0.15) is 5.75 Å². The Morgan fingerprint density at radius 1 is 1.53 bits per heavy atom. The molecule has 2 fully saturated rings. The van der Waals surface area contributed by atoms with Crippen molar-refractivity contribution in [1.82, 2.24) is 10.2 Å². The van der Waals surface area contributed by atoms with Crippen molar-refractivity contribution in [2.45, 2.75) is 19.4 Å². The smallest absolute Gasteiger partial charge is 0.134 e. The van der Waals surface area contributed by atoms with E-state index in [2.05, 4.69) is 21.7 Å². The molecule has 1 N–H and O–H groups in total. The minimum Gasteiger partial charge on any atom is -0.496 e. The highest BCUT2D eigenvalue weighted by Gasteiger charge is 2.40. The molecule has 2 saturated heterocycles. The Morgan fingerprint density at radius 2 is 2.47 bits per heavy atom. The number of nitrogens with zero attached hydrogens (tertiary/aromatic N) is 1. The topological polar surface area (TPSA) is 24.5 Å². The quantitative estimate of drug-likeness (QED) is 0.890. The van der Waals surface area contributed by atoms with Gasteiger partial charge in [0, 0.05) is 19.6 Å². The van der Waals surface area contributed by atoms with Crippen LogP contribution in [-0.4, -0.2) is 38.2 Å². The molecule has 0 aromatic carbocycles. The molecule has 1 atom stereocenters. The summed E-state index contributed by atoms with van der Waals surface area (Å²) in [5.41, 5.74) is 0.574. The van der Waals surface area contributed by atoms with Crippen molar-refractivity contribution in [1.29, 1.82) is 0 Å². The van der Waals surface area contributed by atoms with Crippen molar-refractivity contribution in [2.75, 3.05) is 33.3 Å². The number of rotatable bonds is 3. The molecule has 4 heteroatoms. The van der Waals surface area contributed by atoms with E-state index in [-0.39, 0.29) is 0 Å². The number of hydrogen-bond acceptors (Lipinski definition) is 4. The van der Waals surface area contributed by atoms with Gasteiger partial charge in [-0.3, -0.25) is 4.90 Å². The Bertz CT molecular complexity index is 385. The third-order valence-electron chi connectivity index (χ3n) is 4.14. The van der Waals surface area contributed by atoms with Crippen LogP contribution in [0, 0.1) is 5.41 Å². The molecular weight excluding hydrogens is 232 g/mol. The fourth-order valence-corrected chi connectivity index (χ4v) is 4.02. The molecule has 0 bridgehead atoms. The molecule has 3 rings (SSSR count). The van der Waals surface area contributed by atoms with Gasteiger partial charge in [-0.1, -0.05) is 0 Å². The highest BCUT2D eigenvalue weighted by Crippen LogP contribution is 2.37. The second-order valence-corrected chi connectivity index (χ2v) is 6.30. The summed E-state index contributed by atoms with van der Waals surface area (Å²) < 4.78 is 5.38. The molecule has 0 saturated carbocycles. The first-order valence-corrected chi connectivity index (χ1v) is 7.23. The Hall–Kier alpha value is -0.580. The summed E-state index contributed by atoms with van der Waals surface area (Å²) in [7, 11) is 1.76. The molecule has 2 aliphatic heterocycles. The van der Waals surface area contributed by atoms with E-state index in [0.717, 1.165) is 12.3 Å². The SMILES string of the molecule is COc1ccsc1CN1CCC2(CCNC2)C1. The van der Waals surface area contributed by atoms with Crippen LogP contribution in [0.3, 0.4) is 0 Å². The van der Waals surface area contributed by atoms with Crippen molar-refractivity contribution in [3.63, 3.8) is 0 Å². The Kier molecular flexibility index (Phi) is 3.11. The van der Waals surface area contributed by atoms with Gasteiger partial charge in [0.2, 0.25) is 0 Å². The molecule has 3 nitrogen and oxygen atoms in total. The highest BCUT2D eigenvalue weighted by atomic mass is 32.1. The molecule has 2 aliphatic rings. The first kappa shape index (κ1) is 11.5. The largest absolute Gasteiger partial charge is 0.496 e. The van der Waals surface area contributed by atoms with Crippen LogP contribution in [0.5, 0.6) is 5.75 Å². The van der Waals surface area contributed by atoms with Gasteiger partial charge in [0.05, 0.1) is 12.0 Å². The number of nitrogens with one attached hydrogen (secondary N) is 1. The zero-order chi connectivity index (χ0) is 11.7. The lowest BCUT2D eigenvalue weighted by molar-refractivity contribution is 0.267. The van der Waals surface area contributed by atoms with Crippen molar-refractivity contribution >= 4 is 11.3 Å². The summed E-state index contributed by atoms with van der Waals surface area (Å²) >= 11 is 1.81. The lowest BCUT2D eigenvalue weighted by Gasteiger charge is -2.22. The minimum absolute atomic E-state index is 0.574. The lowest BCUT2D eigenvalue weighted by Crippen LogP contribution is -2.28. The molecule has 0 aliphatic carbocycles. The zero-order valence-electron chi connectivity index (χ0n) is 10.4. The van der Waals surface area contributed by atoms with Crippen molar-refractivity contribution in [3.05, 3.63) is 16.3 Å². The van der Waals surface area contributed by atoms with Crippen LogP contribution in [0.25, 0.3) is 0 Å². The number of thiophene rings is 1. The van der Waals surface area contributed by atoms with E-state index >= 15 is 0 Å². The fourth-order valence-electron chi connectivity index (χ4n) is 3.14. The van der Waals surface area contributed by atoms with E-state index in [9.17, 15) is 0 Å². The van der Waals surface area contributed by atoms with Crippen LogP contribution < -0.4 is 10.1 Å². The third kappa shape index (κ3) is 2.21. The molecule has 1 aromatic rings. The minimum atomic E-state index is 0.574. The maximum absolute atomic E-state index is 5.38. The second kappa shape index (κ2) is 4.59. The summed E-state index contributed by atoms with van der Waals surface area (Å²) in [5.74, 6) is 1.06. The van der Waals surface area contributed by atoms with Crippen LogP contribution in [0.4, 0.5) is 0 Å². The number of methoxy groups -OCH3 is 1. The normalized spacial score (nSPS) is 29.2.